The molecule has 0 saturated carbocycles. The fourth-order valence-corrected chi connectivity index (χ4v) is 4.45. The van der Waals surface area contributed by atoms with Crippen molar-refractivity contribution in [1.82, 2.24) is 9.80 Å². The van der Waals surface area contributed by atoms with E-state index in [0.717, 1.165) is 26.1 Å². The fourth-order valence-electron chi connectivity index (χ4n) is 4.45. The smallest absolute Gasteiger partial charge is 0.329 e. The summed E-state index contributed by atoms with van der Waals surface area (Å²) >= 11 is 0. The van der Waals surface area contributed by atoms with Gasteiger partial charge < -0.3 is 4.74 Å². The van der Waals surface area contributed by atoms with E-state index in [1.807, 2.05) is 26.8 Å². The molecule has 0 N–H and O–H groups in total. The predicted molar refractivity (Wildman–Crippen MR) is 93.5 cm³/mol. The molecule has 0 radical (unpaired) electrons. The first kappa shape index (κ1) is 15.9. The maximum atomic E-state index is 12.9. The number of esters is 1. The van der Waals surface area contributed by atoms with Gasteiger partial charge in [0.1, 0.15) is 11.1 Å². The highest BCUT2D eigenvalue weighted by molar-refractivity contribution is 5.88. The normalized spacial score (nSPS) is 34.8. The van der Waals surface area contributed by atoms with Crippen molar-refractivity contribution >= 4 is 5.97 Å². The monoisotopic (exact) mass is 326 g/mol. The molecule has 4 unspecified atom stereocenters. The molecular formula is C20H26N2O2. The largest absolute Gasteiger partial charge is 0.459 e. The molecular weight excluding hydrogens is 300 g/mol. The molecule has 4 heteroatoms. The van der Waals surface area contributed by atoms with Gasteiger partial charge in [0.05, 0.1) is 6.04 Å². The maximum absolute atomic E-state index is 12.9. The minimum Gasteiger partial charge on any atom is -0.459 e. The standard InChI is InChI=1S/C20H26N2O2/c1-14-10-20(18(23)24-19(2,3)4)17-13-21(12-16(14)22(17)20)11-15-8-6-5-7-9-15/h5-9,16-17H,1,10-13H2,2-4H3. The Labute approximate surface area is 144 Å². The van der Waals surface area contributed by atoms with Crippen LogP contribution in [0.15, 0.2) is 42.5 Å². The average molecular weight is 326 g/mol. The number of piperazine rings is 1. The van der Waals surface area contributed by atoms with Crippen LogP contribution in [0.1, 0.15) is 32.8 Å². The van der Waals surface area contributed by atoms with Crippen LogP contribution in [0.25, 0.3) is 0 Å². The second kappa shape index (κ2) is 5.17. The lowest BCUT2D eigenvalue weighted by Crippen LogP contribution is -2.45. The van der Waals surface area contributed by atoms with E-state index in [4.69, 9.17) is 4.74 Å². The van der Waals surface area contributed by atoms with Crippen LogP contribution in [-0.2, 0) is 16.1 Å². The van der Waals surface area contributed by atoms with Gasteiger partial charge in [-0.1, -0.05) is 42.5 Å². The van der Waals surface area contributed by atoms with E-state index < -0.39 is 11.1 Å². The van der Waals surface area contributed by atoms with E-state index in [9.17, 15) is 4.79 Å². The highest BCUT2D eigenvalue weighted by atomic mass is 16.6. The van der Waals surface area contributed by atoms with E-state index in [0.29, 0.717) is 6.04 Å². The first-order chi connectivity index (χ1) is 11.3. The first-order valence-corrected chi connectivity index (χ1v) is 8.77. The van der Waals surface area contributed by atoms with Crippen LogP contribution < -0.4 is 0 Å². The Balaban J connectivity index is 1.52. The number of hydrogen-bond donors (Lipinski definition) is 0. The van der Waals surface area contributed by atoms with Crippen molar-refractivity contribution in [2.75, 3.05) is 13.1 Å². The third-order valence-electron chi connectivity index (χ3n) is 5.45. The molecule has 3 heterocycles. The molecule has 3 fully saturated rings. The number of likely N-dealkylation sites (tertiary alicyclic amines) is 1. The number of hydrogen-bond acceptors (Lipinski definition) is 4. The Morgan fingerprint density at radius 2 is 2.00 bits per heavy atom. The summed E-state index contributed by atoms with van der Waals surface area (Å²) < 4.78 is 5.74. The third kappa shape index (κ3) is 2.40. The van der Waals surface area contributed by atoms with Gasteiger partial charge >= 0.3 is 5.97 Å². The summed E-state index contributed by atoms with van der Waals surface area (Å²) in [6.07, 6.45) is 0.760. The predicted octanol–water partition coefficient (Wildman–Crippen LogP) is 2.60. The second-order valence-corrected chi connectivity index (χ2v) is 8.38. The average Bonchev–Trinajstić information content (AvgIpc) is 3.02. The van der Waals surface area contributed by atoms with Crippen molar-refractivity contribution in [2.45, 2.75) is 57.0 Å². The number of fused-ring (bicyclic) bond motifs is 1. The molecule has 4 nitrogen and oxygen atoms in total. The van der Waals surface area contributed by atoms with Crippen LogP contribution in [0.5, 0.6) is 0 Å². The highest BCUT2D eigenvalue weighted by Crippen LogP contribution is 2.58. The van der Waals surface area contributed by atoms with Crippen LogP contribution in [-0.4, -0.2) is 52.1 Å². The Bertz CT molecular complexity index is 679. The summed E-state index contributed by atoms with van der Waals surface area (Å²) in [5.41, 5.74) is 1.61. The zero-order valence-corrected chi connectivity index (χ0v) is 14.8. The molecule has 0 aliphatic carbocycles. The fraction of sp³-hybridized carbons (Fsp3) is 0.550. The quantitative estimate of drug-likeness (QED) is 0.486. The Morgan fingerprint density at radius 3 is 2.67 bits per heavy atom. The van der Waals surface area contributed by atoms with Gasteiger partial charge in [0.25, 0.3) is 0 Å². The van der Waals surface area contributed by atoms with Gasteiger partial charge in [0.15, 0.2) is 0 Å². The van der Waals surface area contributed by atoms with E-state index >= 15 is 0 Å². The summed E-state index contributed by atoms with van der Waals surface area (Å²) in [6.45, 7) is 12.9. The zero-order chi connectivity index (χ0) is 17.1. The van der Waals surface area contributed by atoms with E-state index in [2.05, 4.69) is 40.6 Å². The molecule has 1 aromatic rings. The molecule has 1 aromatic carbocycles. The van der Waals surface area contributed by atoms with Gasteiger partial charge in [-0.3, -0.25) is 9.80 Å². The van der Waals surface area contributed by atoms with Crippen molar-refractivity contribution in [3.05, 3.63) is 48.0 Å². The van der Waals surface area contributed by atoms with Crippen LogP contribution >= 0.6 is 0 Å². The number of carbonyl (C=O) groups is 1. The van der Waals surface area contributed by atoms with Gasteiger partial charge in [-0.2, -0.15) is 0 Å². The molecule has 24 heavy (non-hydrogen) atoms. The molecule has 3 aliphatic heterocycles. The van der Waals surface area contributed by atoms with E-state index in [-0.39, 0.29) is 12.0 Å². The number of carbonyl (C=O) groups excluding carboxylic acids is 1. The topological polar surface area (TPSA) is 32.5 Å². The Hall–Kier alpha value is -1.65. The van der Waals surface area contributed by atoms with Crippen LogP contribution in [0, 0.1) is 0 Å². The van der Waals surface area contributed by atoms with E-state index in [1.165, 1.54) is 11.1 Å². The number of nitrogens with zero attached hydrogens (tertiary/aromatic N) is 2. The molecule has 0 aromatic heterocycles. The van der Waals surface area contributed by atoms with Gasteiger partial charge in [-0.15, -0.1) is 0 Å². The number of ether oxygens (including phenoxy) is 1. The van der Waals surface area contributed by atoms with Gasteiger partial charge in [0, 0.05) is 32.1 Å². The molecule has 4 rings (SSSR count). The lowest BCUT2D eigenvalue weighted by atomic mass is 9.92. The molecule has 128 valence electrons. The molecule has 3 aliphatic rings. The lowest BCUT2D eigenvalue weighted by molar-refractivity contribution is -0.159. The van der Waals surface area contributed by atoms with Crippen LogP contribution in [0.4, 0.5) is 0 Å². The van der Waals surface area contributed by atoms with Crippen LogP contribution in [0.2, 0.25) is 0 Å². The Kier molecular flexibility index (Phi) is 3.42. The summed E-state index contributed by atoms with van der Waals surface area (Å²) in [4.78, 5) is 17.7. The SMILES string of the molecule is C=C1CC2(C(=O)OC(C)(C)C)C3CN(Cc4ccccc4)CC1N32. The summed E-state index contributed by atoms with van der Waals surface area (Å²) in [5, 5.41) is 0. The van der Waals surface area contributed by atoms with Gasteiger partial charge in [-0.05, 0) is 26.3 Å². The number of piperidine rings is 1. The Morgan fingerprint density at radius 1 is 1.29 bits per heavy atom. The zero-order valence-electron chi connectivity index (χ0n) is 14.8. The third-order valence-corrected chi connectivity index (χ3v) is 5.45. The van der Waals surface area contributed by atoms with Crippen LogP contribution in [0.3, 0.4) is 0 Å². The summed E-state index contributed by atoms with van der Waals surface area (Å²) in [7, 11) is 0. The van der Waals surface area contributed by atoms with Gasteiger partial charge in [-0.25, -0.2) is 4.79 Å². The molecule has 3 saturated heterocycles. The summed E-state index contributed by atoms with van der Waals surface area (Å²) in [5.74, 6) is -0.0646. The lowest BCUT2D eigenvalue weighted by Gasteiger charge is -2.33. The summed E-state index contributed by atoms with van der Waals surface area (Å²) in [6, 6.07) is 11.1. The first-order valence-electron chi connectivity index (χ1n) is 8.77. The van der Waals surface area contributed by atoms with Crippen molar-refractivity contribution in [3.63, 3.8) is 0 Å². The van der Waals surface area contributed by atoms with Crippen molar-refractivity contribution in [1.29, 1.82) is 0 Å². The maximum Gasteiger partial charge on any atom is 0.329 e. The van der Waals surface area contributed by atoms with Crippen molar-refractivity contribution in [2.24, 2.45) is 0 Å². The molecule has 0 bridgehead atoms. The minimum atomic E-state index is -0.444. The molecule has 4 atom stereocenters. The number of benzene rings is 1. The van der Waals surface area contributed by atoms with Crippen molar-refractivity contribution < 1.29 is 9.53 Å². The molecule has 0 amide bonds. The van der Waals surface area contributed by atoms with E-state index in [1.54, 1.807) is 0 Å². The molecule has 0 spiro atoms. The highest BCUT2D eigenvalue weighted by Gasteiger charge is 2.76. The van der Waals surface area contributed by atoms with Crippen molar-refractivity contribution in [3.8, 4) is 0 Å². The van der Waals surface area contributed by atoms with Gasteiger partial charge in [0.2, 0.25) is 0 Å². The second-order valence-electron chi connectivity index (χ2n) is 8.38. The minimum absolute atomic E-state index is 0.0646. The number of rotatable bonds is 3.